The summed E-state index contributed by atoms with van der Waals surface area (Å²) in [4.78, 5) is 13.0. The molecule has 10 heteroatoms. The van der Waals surface area contributed by atoms with Crippen molar-refractivity contribution in [3.05, 3.63) is 0 Å². The Morgan fingerprint density at radius 2 is 0.852 bits per heavy atom. The quantitative estimate of drug-likeness (QED) is 0.0295. The van der Waals surface area contributed by atoms with Gasteiger partial charge in [0.1, 0.15) is 30.5 Å². The van der Waals surface area contributed by atoms with Crippen LogP contribution in [0.4, 0.5) is 0 Å². The van der Waals surface area contributed by atoms with E-state index >= 15 is 0 Å². The molecule has 8 atom stereocenters. The number of rotatable bonds is 45. The molecule has 1 aliphatic heterocycles. The van der Waals surface area contributed by atoms with Crippen LogP contribution in [0.3, 0.4) is 0 Å². The third-order valence-electron chi connectivity index (χ3n) is 13.1. The molecule has 1 aliphatic rings. The highest BCUT2D eigenvalue weighted by Crippen LogP contribution is 2.23. The van der Waals surface area contributed by atoms with Gasteiger partial charge in [-0.15, -0.1) is 0 Å². The molecule has 1 rings (SSSR count). The summed E-state index contributed by atoms with van der Waals surface area (Å²) in [5, 5.41) is 65.4. The van der Waals surface area contributed by atoms with Crippen LogP contribution in [0, 0.1) is 0 Å². The Hall–Kier alpha value is -0.850. The van der Waals surface area contributed by atoms with Crippen molar-refractivity contribution in [2.75, 3.05) is 13.2 Å². The van der Waals surface area contributed by atoms with Gasteiger partial charge in [0.25, 0.3) is 0 Å². The molecule has 1 saturated heterocycles. The second-order valence-electron chi connectivity index (χ2n) is 18.8. The molecule has 0 aromatic heterocycles. The molecule has 0 radical (unpaired) electrons. The summed E-state index contributed by atoms with van der Waals surface area (Å²) in [7, 11) is 0. The molecule has 364 valence electrons. The van der Waals surface area contributed by atoms with Crippen LogP contribution in [-0.2, 0) is 14.3 Å². The molecule has 1 amide bonds. The topological polar surface area (TPSA) is 169 Å². The van der Waals surface area contributed by atoms with Crippen LogP contribution in [0.25, 0.3) is 0 Å². The summed E-state index contributed by atoms with van der Waals surface area (Å²) < 4.78 is 11.2. The molecular weight excluding hydrogens is 771 g/mol. The Morgan fingerprint density at radius 3 is 1.21 bits per heavy atom. The zero-order valence-corrected chi connectivity index (χ0v) is 39.8. The summed E-state index contributed by atoms with van der Waals surface area (Å²) in [6, 6.07) is -0.985. The predicted octanol–water partition coefficient (Wildman–Crippen LogP) is 10.9. The lowest BCUT2D eigenvalue weighted by Gasteiger charge is -2.40. The van der Waals surface area contributed by atoms with E-state index in [4.69, 9.17) is 9.47 Å². The summed E-state index contributed by atoms with van der Waals surface area (Å²) in [5.41, 5.74) is 0. The van der Waals surface area contributed by atoms with E-state index in [9.17, 15) is 35.4 Å². The number of carbonyl (C=O) groups excluding carboxylic acids is 1. The molecule has 1 heterocycles. The van der Waals surface area contributed by atoms with Gasteiger partial charge in [0.15, 0.2) is 6.29 Å². The number of aliphatic hydroxyl groups is 6. The largest absolute Gasteiger partial charge is 0.394 e. The molecule has 0 aromatic rings. The van der Waals surface area contributed by atoms with E-state index in [1.165, 1.54) is 193 Å². The first kappa shape index (κ1) is 58.2. The number of ether oxygens (including phenoxy) is 2. The van der Waals surface area contributed by atoms with E-state index in [0.29, 0.717) is 6.42 Å². The first-order chi connectivity index (χ1) is 29.8. The van der Waals surface area contributed by atoms with Gasteiger partial charge < -0.3 is 45.4 Å². The monoisotopic (exact) mass is 872 g/mol. The molecule has 61 heavy (non-hydrogen) atoms. The van der Waals surface area contributed by atoms with E-state index in [0.717, 1.165) is 38.5 Å². The minimum Gasteiger partial charge on any atom is -0.394 e. The van der Waals surface area contributed by atoms with Crippen molar-refractivity contribution >= 4 is 5.91 Å². The summed E-state index contributed by atoms with van der Waals surface area (Å²) in [6.07, 6.45) is 36.8. The van der Waals surface area contributed by atoms with Gasteiger partial charge >= 0.3 is 0 Å². The fourth-order valence-electron chi connectivity index (χ4n) is 8.79. The summed E-state index contributed by atoms with van der Waals surface area (Å²) in [5.74, 6) is -0.252. The lowest BCUT2D eigenvalue weighted by molar-refractivity contribution is -0.303. The summed E-state index contributed by atoms with van der Waals surface area (Å²) >= 11 is 0. The molecule has 1 fully saturated rings. The second kappa shape index (κ2) is 41.8. The maximum absolute atomic E-state index is 13.0. The Balaban J connectivity index is 2.28. The van der Waals surface area contributed by atoms with Gasteiger partial charge in [-0.2, -0.15) is 0 Å². The maximum Gasteiger partial charge on any atom is 0.220 e. The third-order valence-corrected chi connectivity index (χ3v) is 13.1. The number of nitrogens with one attached hydrogen (secondary N) is 1. The van der Waals surface area contributed by atoms with Crippen molar-refractivity contribution in [1.29, 1.82) is 0 Å². The van der Waals surface area contributed by atoms with Crippen molar-refractivity contribution < 1.29 is 44.9 Å². The summed E-state index contributed by atoms with van der Waals surface area (Å²) in [6.45, 7) is 3.64. The van der Waals surface area contributed by atoms with Crippen molar-refractivity contribution in [2.24, 2.45) is 0 Å². The van der Waals surface area contributed by atoms with Crippen LogP contribution in [0.5, 0.6) is 0 Å². The van der Waals surface area contributed by atoms with Gasteiger partial charge in [0.05, 0.1) is 25.4 Å². The van der Waals surface area contributed by atoms with Crippen molar-refractivity contribution in [3.63, 3.8) is 0 Å². The van der Waals surface area contributed by atoms with Crippen LogP contribution in [0.1, 0.15) is 258 Å². The molecule has 0 aromatic carbocycles. The molecular formula is C51H101NO9. The predicted molar refractivity (Wildman–Crippen MR) is 250 cm³/mol. The van der Waals surface area contributed by atoms with Crippen LogP contribution in [-0.4, -0.2) is 98.7 Å². The van der Waals surface area contributed by atoms with Crippen molar-refractivity contribution in [1.82, 2.24) is 5.32 Å². The van der Waals surface area contributed by atoms with Gasteiger partial charge in [-0.05, 0) is 12.8 Å². The number of carbonyl (C=O) groups is 1. The third kappa shape index (κ3) is 31.6. The molecule has 0 aliphatic carbocycles. The Morgan fingerprint density at radius 1 is 0.508 bits per heavy atom. The van der Waals surface area contributed by atoms with E-state index in [2.05, 4.69) is 19.2 Å². The lowest BCUT2D eigenvalue weighted by atomic mass is 9.98. The van der Waals surface area contributed by atoms with Gasteiger partial charge in [0.2, 0.25) is 5.91 Å². The van der Waals surface area contributed by atoms with Gasteiger partial charge in [-0.1, -0.05) is 239 Å². The van der Waals surface area contributed by atoms with Gasteiger partial charge in [-0.3, -0.25) is 4.79 Å². The van der Waals surface area contributed by atoms with E-state index in [1.807, 2.05) is 0 Å². The molecule has 0 bridgehead atoms. The fourth-order valence-corrected chi connectivity index (χ4v) is 8.79. The normalized spacial score (nSPS) is 20.8. The first-order valence-corrected chi connectivity index (χ1v) is 26.3. The van der Waals surface area contributed by atoms with E-state index in [-0.39, 0.29) is 18.9 Å². The van der Waals surface area contributed by atoms with Crippen LogP contribution >= 0.6 is 0 Å². The highest BCUT2D eigenvalue weighted by molar-refractivity contribution is 5.76. The van der Waals surface area contributed by atoms with Gasteiger partial charge in [-0.25, -0.2) is 0 Å². The van der Waals surface area contributed by atoms with Crippen LogP contribution < -0.4 is 5.32 Å². The molecule has 0 saturated carbocycles. The lowest BCUT2D eigenvalue weighted by Crippen LogP contribution is -2.60. The highest BCUT2D eigenvalue weighted by atomic mass is 16.7. The van der Waals surface area contributed by atoms with Crippen LogP contribution in [0.15, 0.2) is 0 Å². The molecule has 10 nitrogen and oxygen atoms in total. The average molecular weight is 872 g/mol. The Labute approximate surface area is 375 Å². The number of amides is 1. The van der Waals surface area contributed by atoms with E-state index in [1.54, 1.807) is 0 Å². The second-order valence-corrected chi connectivity index (χ2v) is 18.8. The molecule has 7 N–H and O–H groups in total. The minimum absolute atomic E-state index is 0.252. The number of hydrogen-bond donors (Lipinski definition) is 7. The minimum atomic E-state index is -1.60. The fraction of sp³-hybridized carbons (Fsp3) is 0.980. The van der Waals surface area contributed by atoms with Crippen LogP contribution in [0.2, 0.25) is 0 Å². The first-order valence-electron chi connectivity index (χ1n) is 26.3. The molecule has 2 unspecified atom stereocenters. The van der Waals surface area contributed by atoms with Crippen molar-refractivity contribution in [2.45, 2.75) is 307 Å². The number of hydrogen-bond acceptors (Lipinski definition) is 9. The molecule has 0 spiro atoms. The zero-order chi connectivity index (χ0) is 44.6. The highest BCUT2D eigenvalue weighted by Gasteiger charge is 2.44. The zero-order valence-electron chi connectivity index (χ0n) is 39.8. The van der Waals surface area contributed by atoms with Crippen molar-refractivity contribution in [3.8, 4) is 0 Å². The van der Waals surface area contributed by atoms with Gasteiger partial charge in [0, 0.05) is 6.42 Å². The smallest absolute Gasteiger partial charge is 0.220 e. The standard InChI is InChI=1S/C51H101NO9/c1-3-5-7-9-11-13-15-17-19-20-21-22-23-24-25-26-28-30-32-34-36-38-40-46(55)52-43(42-60-51-50(59)49(58)48(57)45(41-53)61-51)47(56)44(54)39-37-35-33-31-29-27-18-16-14-12-10-8-6-4-2/h43-45,47-51,53-54,56-59H,3-42H2,1-2H3,(H,52,55)/t43-,44+,45+,47-,48-,49?,50?,51+/m0/s1. The Kier molecular flexibility index (Phi) is 39.9. The number of aliphatic hydroxyl groups excluding tert-OH is 6. The maximum atomic E-state index is 13.0. The Bertz CT molecular complexity index is 942. The van der Waals surface area contributed by atoms with E-state index < -0.39 is 55.6 Å². The number of unbranched alkanes of at least 4 members (excludes halogenated alkanes) is 34. The average Bonchev–Trinajstić information content (AvgIpc) is 3.26. The SMILES string of the molecule is CCCCCCCCCCCCCCCCCCCCCCCCC(=O)N[C@@H](CO[C@@H]1O[C@H](CO)[C@H](O)C(O)C1O)[C@H](O)[C@H](O)CCCCCCCCCCCCCCCC.